The van der Waals surface area contributed by atoms with Crippen LogP contribution in [0.5, 0.6) is 0 Å². The van der Waals surface area contributed by atoms with Crippen molar-refractivity contribution in [1.82, 2.24) is 5.32 Å². The van der Waals surface area contributed by atoms with E-state index in [9.17, 15) is 0 Å². The van der Waals surface area contributed by atoms with Gasteiger partial charge in [-0.25, -0.2) is 0 Å². The fourth-order valence-electron chi connectivity index (χ4n) is 4.77. The van der Waals surface area contributed by atoms with Crippen LogP contribution in [0, 0.1) is 5.92 Å². The Morgan fingerprint density at radius 2 is 0.909 bits per heavy atom. The molecule has 1 nitrogen and oxygen atoms in total. The Bertz CT molecular complexity index is 397. The van der Waals surface area contributed by atoms with Crippen LogP contribution in [0.15, 0.2) is 24.3 Å². The van der Waals surface area contributed by atoms with Gasteiger partial charge >= 0.3 is 0 Å². The fourth-order valence-corrected chi connectivity index (χ4v) is 4.77. The van der Waals surface area contributed by atoms with Gasteiger partial charge in [-0.3, -0.25) is 0 Å². The molecule has 1 N–H and O–H groups in total. The van der Waals surface area contributed by atoms with Crippen LogP contribution in [0.3, 0.4) is 0 Å². The van der Waals surface area contributed by atoms with Crippen LogP contribution in [0.2, 0.25) is 0 Å². The van der Waals surface area contributed by atoms with E-state index in [-0.39, 0.29) is 0 Å². The summed E-state index contributed by atoms with van der Waals surface area (Å²) in [5.41, 5.74) is 0. The second-order valence-electron chi connectivity index (χ2n) is 10.4. The summed E-state index contributed by atoms with van der Waals surface area (Å²) in [7, 11) is 2.10. The lowest BCUT2D eigenvalue weighted by Crippen LogP contribution is -2.13. The first-order chi connectivity index (χ1) is 16.3. The molecule has 0 aromatic heterocycles. The lowest BCUT2D eigenvalue weighted by Gasteiger charge is -2.16. The zero-order valence-corrected chi connectivity index (χ0v) is 23.4. The minimum Gasteiger partial charge on any atom is -0.320 e. The van der Waals surface area contributed by atoms with Gasteiger partial charge in [0, 0.05) is 0 Å². The average Bonchev–Trinajstić information content (AvgIpc) is 2.83. The Morgan fingerprint density at radius 1 is 0.485 bits per heavy atom. The molecule has 0 aliphatic rings. The highest BCUT2D eigenvalue weighted by atomic mass is 14.8. The Morgan fingerprint density at radius 3 is 1.42 bits per heavy atom. The van der Waals surface area contributed by atoms with Gasteiger partial charge in [0.15, 0.2) is 0 Å². The van der Waals surface area contributed by atoms with Gasteiger partial charge < -0.3 is 5.32 Å². The molecule has 0 saturated carbocycles. The van der Waals surface area contributed by atoms with Crippen molar-refractivity contribution in [2.75, 3.05) is 13.6 Å². The van der Waals surface area contributed by atoms with Gasteiger partial charge in [-0.1, -0.05) is 147 Å². The van der Waals surface area contributed by atoms with E-state index >= 15 is 0 Å². The Labute approximate surface area is 210 Å². The lowest BCUT2D eigenvalue weighted by atomic mass is 9.91. The quantitative estimate of drug-likeness (QED) is 0.0947. The van der Waals surface area contributed by atoms with E-state index in [1.807, 2.05) is 0 Å². The normalized spacial score (nSPS) is 12.9. The first-order valence-corrected chi connectivity index (χ1v) is 15.3. The highest BCUT2D eigenvalue weighted by Gasteiger charge is 2.08. The van der Waals surface area contributed by atoms with Crippen LogP contribution in [-0.2, 0) is 0 Å². The van der Waals surface area contributed by atoms with Gasteiger partial charge in [0.05, 0.1) is 0 Å². The molecule has 0 spiro atoms. The molecule has 0 bridgehead atoms. The molecule has 33 heavy (non-hydrogen) atoms. The molecule has 0 amide bonds. The van der Waals surface area contributed by atoms with E-state index in [0.717, 1.165) is 12.3 Å². The van der Waals surface area contributed by atoms with Crippen molar-refractivity contribution in [1.29, 1.82) is 0 Å². The fraction of sp³-hybridized carbons (Fsp3) is 0.875. The zero-order valence-electron chi connectivity index (χ0n) is 23.4. The van der Waals surface area contributed by atoms with Crippen molar-refractivity contribution in [2.24, 2.45) is 5.92 Å². The number of nitrogens with one attached hydrogen (secondary N) is 1. The van der Waals surface area contributed by atoms with Crippen molar-refractivity contribution < 1.29 is 0 Å². The molecule has 0 aliphatic heterocycles. The number of allylic oxidation sites excluding steroid dienone is 4. The van der Waals surface area contributed by atoms with Crippen LogP contribution in [0.4, 0.5) is 0 Å². The molecule has 0 fully saturated rings. The van der Waals surface area contributed by atoms with Crippen LogP contribution in [-0.4, -0.2) is 13.6 Å². The molecular weight excluding hydrogens is 398 g/mol. The van der Waals surface area contributed by atoms with Crippen LogP contribution < -0.4 is 5.32 Å². The second kappa shape index (κ2) is 29.5. The minimum atomic E-state index is 0.964. The van der Waals surface area contributed by atoms with Crippen LogP contribution in [0.25, 0.3) is 0 Å². The van der Waals surface area contributed by atoms with E-state index in [2.05, 4.69) is 50.5 Å². The second-order valence-corrected chi connectivity index (χ2v) is 10.4. The van der Waals surface area contributed by atoms with E-state index in [4.69, 9.17) is 0 Å². The van der Waals surface area contributed by atoms with Crippen molar-refractivity contribution in [3.63, 3.8) is 0 Å². The topological polar surface area (TPSA) is 12.0 Å². The van der Waals surface area contributed by atoms with Gasteiger partial charge in [0.1, 0.15) is 0 Å². The molecule has 0 aromatic carbocycles. The smallest absolute Gasteiger partial charge is 0.00493 e. The number of rotatable bonds is 27. The van der Waals surface area contributed by atoms with Gasteiger partial charge in [0.2, 0.25) is 0 Å². The summed E-state index contributed by atoms with van der Waals surface area (Å²) < 4.78 is 0. The maximum absolute atomic E-state index is 3.37. The Hall–Kier alpha value is -0.560. The third-order valence-electron chi connectivity index (χ3n) is 7.08. The maximum atomic E-state index is 3.37. The number of unbranched alkanes of at least 4 members (excludes halogenated alkanes) is 16. The highest BCUT2D eigenvalue weighted by molar-refractivity contribution is 4.92. The molecule has 1 unspecified atom stereocenters. The molecule has 0 saturated heterocycles. The third-order valence-corrected chi connectivity index (χ3v) is 7.08. The first-order valence-electron chi connectivity index (χ1n) is 15.3. The van der Waals surface area contributed by atoms with E-state index in [0.29, 0.717) is 0 Å². The van der Waals surface area contributed by atoms with Crippen molar-refractivity contribution in [2.45, 2.75) is 162 Å². The Balaban J connectivity index is 3.52. The monoisotopic (exact) mass is 461 g/mol. The predicted octanol–water partition coefficient (Wildman–Crippen LogP) is 10.9. The largest absolute Gasteiger partial charge is 0.320 e. The van der Waals surface area contributed by atoms with E-state index in [1.54, 1.807) is 0 Å². The lowest BCUT2D eigenvalue weighted by molar-refractivity contribution is 0.376. The highest BCUT2D eigenvalue weighted by Crippen LogP contribution is 2.22. The molecule has 1 heteroatoms. The maximum Gasteiger partial charge on any atom is -0.00493 e. The molecule has 0 heterocycles. The molecular formula is C32H63N. The van der Waals surface area contributed by atoms with Gasteiger partial charge in [-0.15, -0.1) is 0 Å². The molecule has 0 rings (SSSR count). The van der Waals surface area contributed by atoms with Crippen molar-refractivity contribution in [3.8, 4) is 0 Å². The van der Waals surface area contributed by atoms with Crippen molar-refractivity contribution in [3.05, 3.63) is 24.3 Å². The zero-order chi connectivity index (χ0) is 24.1. The average molecular weight is 462 g/mol. The number of hydrogen-bond acceptors (Lipinski definition) is 1. The molecule has 0 aliphatic carbocycles. The summed E-state index contributed by atoms with van der Waals surface area (Å²) in [5.74, 6) is 0.964. The molecule has 196 valence electrons. The number of hydrogen-bond donors (Lipinski definition) is 1. The van der Waals surface area contributed by atoms with Crippen LogP contribution >= 0.6 is 0 Å². The van der Waals surface area contributed by atoms with Crippen LogP contribution in [0.1, 0.15) is 162 Å². The van der Waals surface area contributed by atoms with E-state index < -0.39 is 0 Å². The molecule has 0 aromatic rings. The first kappa shape index (κ1) is 32.4. The standard InChI is InChI=1S/C32H63N/c1-4-6-8-10-12-13-14-15-16-17-18-19-20-21-23-25-27-29-32(30-31-33-3)28-26-24-22-11-9-7-5-2/h12-13,15-16,32-33H,4-11,14,17-31H2,1-3H3/b13-12-,16-15-. The summed E-state index contributed by atoms with van der Waals surface area (Å²) in [4.78, 5) is 0. The third kappa shape index (κ3) is 27.6. The Kier molecular flexibility index (Phi) is 29.0. The molecule has 0 radical (unpaired) electrons. The summed E-state index contributed by atoms with van der Waals surface area (Å²) >= 11 is 0. The SMILES string of the molecule is CCCCC/C=C\C/C=C\CCCCCCCCCC(CCCCCCCCC)CCNC. The molecule has 1 atom stereocenters. The summed E-state index contributed by atoms with van der Waals surface area (Å²) in [6.07, 6.45) is 41.6. The summed E-state index contributed by atoms with van der Waals surface area (Å²) in [6.45, 7) is 5.78. The summed E-state index contributed by atoms with van der Waals surface area (Å²) in [5, 5.41) is 3.37. The van der Waals surface area contributed by atoms with Gasteiger partial charge in [-0.05, 0) is 58.0 Å². The van der Waals surface area contributed by atoms with E-state index in [1.165, 1.54) is 148 Å². The predicted molar refractivity (Wildman–Crippen MR) is 153 cm³/mol. The summed E-state index contributed by atoms with van der Waals surface area (Å²) in [6, 6.07) is 0. The van der Waals surface area contributed by atoms with Gasteiger partial charge in [0.25, 0.3) is 0 Å². The van der Waals surface area contributed by atoms with Crippen molar-refractivity contribution >= 4 is 0 Å². The van der Waals surface area contributed by atoms with Gasteiger partial charge in [-0.2, -0.15) is 0 Å². The minimum absolute atomic E-state index is 0.964.